The third-order valence-electron chi connectivity index (χ3n) is 6.23. The molecule has 0 spiro atoms. The summed E-state index contributed by atoms with van der Waals surface area (Å²) in [5.74, 6) is 0.00296. The number of rotatable bonds is 6. The van der Waals surface area contributed by atoms with E-state index >= 15 is 0 Å². The maximum absolute atomic E-state index is 11.6. The number of amides is 1. The Labute approximate surface area is 188 Å². The number of aliphatic hydroxyl groups excluding tert-OH is 3. The van der Waals surface area contributed by atoms with Crippen molar-refractivity contribution < 1.29 is 24.9 Å². The number of aromatic nitrogens is 6. The molecule has 4 unspecified atom stereocenters. The lowest BCUT2D eigenvalue weighted by molar-refractivity contribution is -0.0511. The summed E-state index contributed by atoms with van der Waals surface area (Å²) in [7, 11) is 0. The Balaban J connectivity index is 1.63. The van der Waals surface area contributed by atoms with Crippen LogP contribution in [0.5, 0.6) is 0 Å². The largest absolute Gasteiger partial charge is 0.394 e. The first-order valence-corrected chi connectivity index (χ1v) is 10.9. The number of carbonyl (C=O) groups is 1. The molecule has 6 N–H and O–H groups in total. The van der Waals surface area contributed by atoms with Crippen LogP contribution >= 0.6 is 0 Å². The monoisotopic (exact) mass is 458 g/mol. The highest BCUT2D eigenvalue weighted by atomic mass is 16.6. The predicted molar refractivity (Wildman–Crippen MR) is 115 cm³/mol. The average Bonchev–Trinajstić information content (AvgIpc) is 3.57. The Bertz CT molecular complexity index is 1190. The fourth-order valence-corrected chi connectivity index (χ4v) is 4.46. The van der Waals surface area contributed by atoms with Crippen LogP contribution in [0.1, 0.15) is 48.1 Å². The predicted octanol–water partition coefficient (Wildman–Crippen LogP) is -0.615. The summed E-state index contributed by atoms with van der Waals surface area (Å²) in [6, 6.07) is 1.78. The van der Waals surface area contributed by atoms with Crippen molar-refractivity contribution in [1.82, 2.24) is 29.3 Å². The first kappa shape index (κ1) is 21.7. The normalized spacial score (nSPS) is 25.8. The fourth-order valence-electron chi connectivity index (χ4n) is 4.46. The molecule has 1 aliphatic heterocycles. The van der Waals surface area contributed by atoms with Crippen molar-refractivity contribution in [3.05, 3.63) is 23.8 Å². The van der Waals surface area contributed by atoms with E-state index in [2.05, 4.69) is 25.4 Å². The molecule has 4 heterocycles. The van der Waals surface area contributed by atoms with Crippen molar-refractivity contribution in [2.75, 3.05) is 11.9 Å². The topological polar surface area (TPSA) is 186 Å². The van der Waals surface area contributed by atoms with Gasteiger partial charge in [-0.1, -0.05) is 12.8 Å². The van der Waals surface area contributed by atoms with Gasteiger partial charge in [0, 0.05) is 11.7 Å². The number of nitrogens with zero attached hydrogens (tertiary/aromatic N) is 6. The summed E-state index contributed by atoms with van der Waals surface area (Å²) in [5.41, 5.74) is 6.87. The van der Waals surface area contributed by atoms with Gasteiger partial charge in [0.2, 0.25) is 0 Å². The minimum atomic E-state index is -1.29. The van der Waals surface area contributed by atoms with Gasteiger partial charge in [-0.3, -0.25) is 9.36 Å². The SMILES string of the molecule is Cc1cc(C(N)=O)nn1-c1nc(NC2CCCC2)c2ncn(C3OC(CO)C(O)C3O)c2n1. The second kappa shape index (κ2) is 8.33. The van der Waals surface area contributed by atoms with E-state index in [1.165, 1.54) is 15.6 Å². The number of fused-ring (bicyclic) bond motifs is 1. The molecule has 0 radical (unpaired) electrons. The highest BCUT2D eigenvalue weighted by Crippen LogP contribution is 2.33. The number of hydrogen-bond donors (Lipinski definition) is 5. The molecule has 1 aliphatic carbocycles. The van der Waals surface area contributed by atoms with Crippen molar-refractivity contribution >= 4 is 22.9 Å². The molecule has 13 heteroatoms. The molecule has 0 bridgehead atoms. The zero-order chi connectivity index (χ0) is 23.3. The van der Waals surface area contributed by atoms with Gasteiger partial charge < -0.3 is 31.1 Å². The molecule has 1 amide bonds. The van der Waals surface area contributed by atoms with Crippen molar-refractivity contribution in [3.63, 3.8) is 0 Å². The first-order chi connectivity index (χ1) is 15.9. The maximum Gasteiger partial charge on any atom is 0.269 e. The number of anilines is 1. The molecule has 13 nitrogen and oxygen atoms in total. The molecular weight excluding hydrogens is 432 g/mol. The van der Waals surface area contributed by atoms with Crippen molar-refractivity contribution in [2.45, 2.75) is 63.2 Å². The molecule has 33 heavy (non-hydrogen) atoms. The Hall–Kier alpha value is -3.13. The lowest BCUT2D eigenvalue weighted by Gasteiger charge is -2.18. The molecule has 5 rings (SSSR count). The number of carbonyl (C=O) groups excluding carboxylic acids is 1. The minimum Gasteiger partial charge on any atom is -0.394 e. The van der Waals surface area contributed by atoms with Gasteiger partial charge in [-0.05, 0) is 25.8 Å². The van der Waals surface area contributed by atoms with Gasteiger partial charge in [0.1, 0.15) is 18.3 Å². The molecule has 176 valence electrons. The highest BCUT2D eigenvalue weighted by Gasteiger charge is 2.44. The molecule has 2 fully saturated rings. The van der Waals surface area contributed by atoms with Gasteiger partial charge in [0.15, 0.2) is 28.9 Å². The molecule has 3 aromatic heterocycles. The number of hydrogen-bond acceptors (Lipinski definition) is 10. The molecule has 1 saturated carbocycles. The van der Waals surface area contributed by atoms with E-state index in [9.17, 15) is 20.1 Å². The number of ether oxygens (including phenoxy) is 1. The van der Waals surface area contributed by atoms with Crippen LogP contribution in [0.15, 0.2) is 12.4 Å². The fraction of sp³-hybridized carbons (Fsp3) is 0.550. The number of primary amides is 1. The van der Waals surface area contributed by atoms with Crippen LogP contribution in [-0.4, -0.2) is 81.5 Å². The van der Waals surface area contributed by atoms with E-state index in [1.54, 1.807) is 13.0 Å². The van der Waals surface area contributed by atoms with Crippen molar-refractivity contribution in [2.24, 2.45) is 5.73 Å². The summed E-state index contributed by atoms with van der Waals surface area (Å²) < 4.78 is 8.58. The van der Waals surface area contributed by atoms with E-state index in [1.807, 2.05) is 0 Å². The van der Waals surface area contributed by atoms with Crippen LogP contribution in [0.2, 0.25) is 0 Å². The van der Waals surface area contributed by atoms with E-state index in [4.69, 9.17) is 10.5 Å². The molecule has 2 aliphatic rings. The Morgan fingerprint density at radius 3 is 2.67 bits per heavy atom. The zero-order valence-electron chi connectivity index (χ0n) is 18.0. The first-order valence-electron chi connectivity index (χ1n) is 10.9. The molecule has 0 aromatic carbocycles. The van der Waals surface area contributed by atoms with Gasteiger partial charge in [0.05, 0.1) is 12.9 Å². The van der Waals surface area contributed by atoms with Gasteiger partial charge in [-0.15, -0.1) is 0 Å². The van der Waals surface area contributed by atoms with Crippen LogP contribution in [0, 0.1) is 6.92 Å². The summed E-state index contributed by atoms with van der Waals surface area (Å²) in [4.78, 5) is 25.3. The number of imidazole rings is 1. The number of nitrogens with two attached hydrogens (primary N) is 1. The van der Waals surface area contributed by atoms with Crippen LogP contribution < -0.4 is 11.1 Å². The lowest BCUT2D eigenvalue weighted by atomic mass is 10.1. The van der Waals surface area contributed by atoms with Crippen molar-refractivity contribution in [1.29, 1.82) is 0 Å². The highest BCUT2D eigenvalue weighted by molar-refractivity contribution is 5.91. The van der Waals surface area contributed by atoms with Gasteiger partial charge in [-0.2, -0.15) is 15.1 Å². The zero-order valence-corrected chi connectivity index (χ0v) is 18.0. The standard InChI is InChI=1S/C20H26N8O5/c1-9-6-11(16(21)32)26-28(9)20-24-17(23-10-4-2-3-5-10)13-18(25-20)27(8-22-13)19-15(31)14(30)12(7-29)33-19/h6,8,10,12,14-15,19,29-31H,2-5,7H2,1H3,(H2,21,32)(H,23,24,25). The Morgan fingerprint density at radius 2 is 2.03 bits per heavy atom. The smallest absolute Gasteiger partial charge is 0.269 e. The van der Waals surface area contributed by atoms with Crippen LogP contribution in [-0.2, 0) is 4.74 Å². The van der Waals surface area contributed by atoms with E-state index in [-0.39, 0.29) is 17.7 Å². The Kier molecular flexibility index (Phi) is 5.48. The average molecular weight is 458 g/mol. The molecular formula is C20H26N8O5. The van der Waals surface area contributed by atoms with E-state index in [0.29, 0.717) is 22.7 Å². The quantitative estimate of drug-likeness (QED) is 0.319. The second-order valence-corrected chi connectivity index (χ2v) is 8.50. The third-order valence-corrected chi connectivity index (χ3v) is 6.23. The second-order valence-electron chi connectivity index (χ2n) is 8.50. The third kappa shape index (κ3) is 3.72. The summed E-state index contributed by atoms with van der Waals surface area (Å²) in [5, 5.41) is 37.8. The lowest BCUT2D eigenvalue weighted by Crippen LogP contribution is -2.33. The molecule has 3 aromatic rings. The molecule has 4 atom stereocenters. The molecule has 1 saturated heterocycles. The van der Waals surface area contributed by atoms with Crippen LogP contribution in [0.4, 0.5) is 5.82 Å². The van der Waals surface area contributed by atoms with Crippen molar-refractivity contribution in [3.8, 4) is 5.95 Å². The Morgan fingerprint density at radius 1 is 1.27 bits per heavy atom. The van der Waals surface area contributed by atoms with E-state index in [0.717, 1.165) is 25.7 Å². The number of aliphatic hydroxyl groups is 3. The van der Waals surface area contributed by atoms with Crippen LogP contribution in [0.25, 0.3) is 17.1 Å². The summed E-state index contributed by atoms with van der Waals surface area (Å²) in [6.07, 6.45) is 1.19. The van der Waals surface area contributed by atoms with Gasteiger partial charge in [-0.25, -0.2) is 9.67 Å². The number of aryl methyl sites for hydroxylation is 1. The summed E-state index contributed by atoms with van der Waals surface area (Å²) >= 11 is 0. The van der Waals surface area contributed by atoms with Gasteiger partial charge in [0.25, 0.3) is 11.9 Å². The maximum atomic E-state index is 11.6. The minimum absolute atomic E-state index is 0.0819. The number of nitrogens with one attached hydrogen (secondary N) is 1. The van der Waals surface area contributed by atoms with E-state index < -0.39 is 37.1 Å². The van der Waals surface area contributed by atoms with Gasteiger partial charge >= 0.3 is 0 Å². The van der Waals surface area contributed by atoms with Crippen LogP contribution in [0.3, 0.4) is 0 Å². The summed E-state index contributed by atoms with van der Waals surface area (Å²) in [6.45, 7) is 1.30.